The summed E-state index contributed by atoms with van der Waals surface area (Å²) in [5, 5.41) is 13.9. The highest BCUT2D eigenvalue weighted by molar-refractivity contribution is 6.31. The Balaban J connectivity index is 1.31. The molecule has 1 saturated heterocycles. The molecule has 0 spiro atoms. The Morgan fingerprint density at radius 2 is 2.37 bits per heavy atom. The fourth-order valence-corrected chi connectivity index (χ4v) is 3.60. The van der Waals surface area contributed by atoms with Gasteiger partial charge in [0, 0.05) is 43.6 Å². The number of benzene rings is 1. The van der Waals surface area contributed by atoms with Crippen molar-refractivity contribution in [1.29, 1.82) is 0 Å². The van der Waals surface area contributed by atoms with Crippen LogP contribution in [0.15, 0.2) is 28.8 Å². The summed E-state index contributed by atoms with van der Waals surface area (Å²) in [5.41, 5.74) is 2.32. The second-order valence-corrected chi connectivity index (χ2v) is 7.26. The van der Waals surface area contributed by atoms with Crippen LogP contribution < -0.4 is 10.2 Å². The molecule has 3 aromatic rings. The summed E-state index contributed by atoms with van der Waals surface area (Å²) >= 11 is 6.01. The minimum absolute atomic E-state index is 0.0645. The number of nitrogens with zero attached hydrogens (tertiary/aromatic N) is 4. The minimum atomic E-state index is 0.0645. The van der Waals surface area contributed by atoms with Gasteiger partial charge in [-0.05, 0) is 30.9 Å². The molecule has 2 aromatic heterocycles. The van der Waals surface area contributed by atoms with E-state index in [1.807, 2.05) is 6.07 Å². The van der Waals surface area contributed by atoms with Crippen LogP contribution in [-0.2, 0) is 11.2 Å². The van der Waals surface area contributed by atoms with Gasteiger partial charge in [0.05, 0.1) is 11.9 Å². The van der Waals surface area contributed by atoms with E-state index in [0.717, 1.165) is 37.1 Å². The predicted octanol–water partition coefficient (Wildman–Crippen LogP) is 2.56. The molecule has 1 unspecified atom stereocenters. The molecule has 27 heavy (non-hydrogen) atoms. The fraction of sp³-hybridized carbons (Fsp3) is 0.444. The van der Waals surface area contributed by atoms with Crippen LogP contribution in [0.2, 0.25) is 5.02 Å². The van der Waals surface area contributed by atoms with E-state index in [4.69, 9.17) is 16.0 Å². The van der Waals surface area contributed by atoms with Crippen LogP contribution in [0.25, 0.3) is 11.1 Å². The van der Waals surface area contributed by atoms with Crippen molar-refractivity contribution in [3.05, 3.63) is 35.1 Å². The molecular formula is C18H21ClN6O2. The Hall–Kier alpha value is -2.61. The Morgan fingerprint density at radius 3 is 3.22 bits per heavy atom. The molecule has 1 amide bonds. The van der Waals surface area contributed by atoms with Gasteiger partial charge >= 0.3 is 0 Å². The number of aromatic amines is 1. The molecule has 4 rings (SSSR count). The zero-order chi connectivity index (χ0) is 18.6. The molecule has 3 heterocycles. The summed E-state index contributed by atoms with van der Waals surface area (Å²) in [4.78, 5) is 18.9. The number of nitrogens with one attached hydrogen (secondary N) is 2. The summed E-state index contributed by atoms with van der Waals surface area (Å²) < 4.78 is 5.86. The predicted molar refractivity (Wildman–Crippen MR) is 102 cm³/mol. The van der Waals surface area contributed by atoms with Crippen LogP contribution in [0, 0.1) is 5.92 Å². The standard InChI is InChI=1S/C18H21ClN6O2/c19-13-3-4-15-16(9-13)27-18(22-15)25-7-1-2-12(11-25)8-17(26)20-6-5-14-10-21-24-23-14/h3-4,9-10,12H,1-2,5-8,11H2,(H,20,26)(H,21,23,24). The number of piperidine rings is 1. The largest absolute Gasteiger partial charge is 0.423 e. The number of hydrogen-bond donors (Lipinski definition) is 2. The number of fused-ring (bicyclic) bond motifs is 1. The Morgan fingerprint density at radius 1 is 1.44 bits per heavy atom. The molecule has 0 saturated carbocycles. The number of rotatable bonds is 6. The third-order valence-corrected chi connectivity index (χ3v) is 5.01. The molecule has 1 aliphatic rings. The molecule has 8 nitrogen and oxygen atoms in total. The van der Waals surface area contributed by atoms with Gasteiger partial charge in [0.15, 0.2) is 5.58 Å². The molecule has 0 aliphatic carbocycles. The van der Waals surface area contributed by atoms with Gasteiger partial charge in [0.1, 0.15) is 5.52 Å². The number of carbonyl (C=O) groups is 1. The molecule has 9 heteroatoms. The lowest BCUT2D eigenvalue weighted by Crippen LogP contribution is -2.38. The summed E-state index contributed by atoms with van der Waals surface area (Å²) in [6.45, 7) is 2.20. The van der Waals surface area contributed by atoms with E-state index in [2.05, 4.69) is 30.6 Å². The fourth-order valence-electron chi connectivity index (χ4n) is 3.44. The lowest BCUT2D eigenvalue weighted by molar-refractivity contribution is -0.122. The van der Waals surface area contributed by atoms with E-state index >= 15 is 0 Å². The lowest BCUT2D eigenvalue weighted by atomic mass is 9.94. The molecule has 2 N–H and O–H groups in total. The van der Waals surface area contributed by atoms with Gasteiger partial charge in [-0.25, -0.2) is 0 Å². The van der Waals surface area contributed by atoms with Crippen LogP contribution in [0.1, 0.15) is 25.0 Å². The zero-order valence-electron chi connectivity index (χ0n) is 14.8. The van der Waals surface area contributed by atoms with Crippen molar-refractivity contribution in [1.82, 2.24) is 25.7 Å². The van der Waals surface area contributed by atoms with Crippen molar-refractivity contribution in [2.75, 3.05) is 24.5 Å². The van der Waals surface area contributed by atoms with Gasteiger partial charge in [-0.1, -0.05) is 11.6 Å². The first-order valence-electron chi connectivity index (χ1n) is 9.10. The number of anilines is 1. The molecule has 1 atom stereocenters. The number of aromatic nitrogens is 4. The lowest BCUT2D eigenvalue weighted by Gasteiger charge is -2.31. The van der Waals surface area contributed by atoms with Gasteiger partial charge in [0.25, 0.3) is 6.01 Å². The quantitative estimate of drug-likeness (QED) is 0.673. The monoisotopic (exact) mass is 388 g/mol. The van der Waals surface area contributed by atoms with Crippen LogP contribution in [0.4, 0.5) is 6.01 Å². The normalized spacial score (nSPS) is 17.4. The van der Waals surface area contributed by atoms with Gasteiger partial charge in [0.2, 0.25) is 5.91 Å². The van der Waals surface area contributed by atoms with E-state index in [0.29, 0.717) is 36.0 Å². The Labute approximate surface area is 161 Å². The van der Waals surface area contributed by atoms with Gasteiger partial charge < -0.3 is 14.6 Å². The van der Waals surface area contributed by atoms with Crippen molar-refractivity contribution in [2.24, 2.45) is 5.92 Å². The topological polar surface area (TPSA) is 99.9 Å². The van der Waals surface area contributed by atoms with Crippen LogP contribution in [-0.4, -0.2) is 45.9 Å². The van der Waals surface area contributed by atoms with E-state index in [9.17, 15) is 4.79 Å². The molecular weight excluding hydrogens is 368 g/mol. The average molecular weight is 389 g/mol. The Kier molecular flexibility index (Phi) is 5.24. The van der Waals surface area contributed by atoms with Crippen LogP contribution >= 0.6 is 11.6 Å². The van der Waals surface area contributed by atoms with Gasteiger partial charge in [-0.3, -0.25) is 4.79 Å². The maximum absolute atomic E-state index is 12.2. The van der Waals surface area contributed by atoms with Crippen LogP contribution in [0.5, 0.6) is 0 Å². The molecule has 0 bridgehead atoms. The van der Waals surface area contributed by atoms with Crippen LogP contribution in [0.3, 0.4) is 0 Å². The summed E-state index contributed by atoms with van der Waals surface area (Å²) in [6.07, 6.45) is 4.88. The second-order valence-electron chi connectivity index (χ2n) is 6.83. The van der Waals surface area contributed by atoms with Crippen molar-refractivity contribution in [3.8, 4) is 0 Å². The van der Waals surface area contributed by atoms with Gasteiger partial charge in [-0.2, -0.15) is 20.4 Å². The van der Waals surface area contributed by atoms with Crippen molar-refractivity contribution < 1.29 is 9.21 Å². The Bertz CT molecular complexity index is 910. The molecule has 1 aliphatic heterocycles. The third-order valence-electron chi connectivity index (χ3n) is 4.77. The highest BCUT2D eigenvalue weighted by atomic mass is 35.5. The highest BCUT2D eigenvalue weighted by Gasteiger charge is 2.25. The molecule has 1 aromatic carbocycles. The average Bonchev–Trinajstić information content (AvgIpc) is 3.31. The smallest absolute Gasteiger partial charge is 0.298 e. The molecule has 142 valence electrons. The first kappa shape index (κ1) is 17.8. The van der Waals surface area contributed by atoms with E-state index < -0.39 is 0 Å². The highest BCUT2D eigenvalue weighted by Crippen LogP contribution is 2.28. The first-order chi connectivity index (χ1) is 13.2. The van der Waals surface area contributed by atoms with E-state index in [-0.39, 0.29) is 11.8 Å². The van der Waals surface area contributed by atoms with Gasteiger partial charge in [-0.15, -0.1) is 0 Å². The third kappa shape index (κ3) is 4.39. The van der Waals surface area contributed by atoms with Crippen molar-refractivity contribution >= 4 is 34.6 Å². The second kappa shape index (κ2) is 7.96. The molecule has 0 radical (unpaired) electrons. The van der Waals surface area contributed by atoms with Crippen molar-refractivity contribution in [3.63, 3.8) is 0 Å². The van der Waals surface area contributed by atoms with E-state index in [1.54, 1.807) is 18.3 Å². The number of halogens is 1. The minimum Gasteiger partial charge on any atom is -0.423 e. The number of H-pyrrole nitrogens is 1. The number of hydrogen-bond acceptors (Lipinski definition) is 6. The number of oxazole rings is 1. The summed E-state index contributed by atoms with van der Waals surface area (Å²) in [7, 11) is 0. The molecule has 1 fully saturated rings. The summed E-state index contributed by atoms with van der Waals surface area (Å²) in [5.74, 6) is 0.346. The summed E-state index contributed by atoms with van der Waals surface area (Å²) in [6, 6.07) is 6.04. The maximum atomic E-state index is 12.2. The zero-order valence-corrected chi connectivity index (χ0v) is 15.6. The van der Waals surface area contributed by atoms with Crippen molar-refractivity contribution in [2.45, 2.75) is 25.7 Å². The van der Waals surface area contributed by atoms with E-state index in [1.165, 1.54) is 0 Å². The SMILES string of the molecule is O=C(CC1CCCN(c2nc3ccc(Cl)cc3o2)C1)NCCc1cn[nH]n1. The first-order valence-corrected chi connectivity index (χ1v) is 9.47. The maximum Gasteiger partial charge on any atom is 0.298 e. The number of carbonyl (C=O) groups excluding carboxylic acids is 1. The number of amides is 1.